The van der Waals surface area contributed by atoms with E-state index < -0.39 is 14.9 Å². The Balaban J connectivity index is 2.92. The number of hydrogen-bond donors (Lipinski definition) is 0. The third kappa shape index (κ3) is 3.99. The van der Waals surface area contributed by atoms with Gasteiger partial charge in [0, 0.05) is 9.92 Å². The Morgan fingerprint density at radius 3 is 2.56 bits per heavy atom. The molecule has 1 aromatic rings. The van der Waals surface area contributed by atoms with E-state index in [4.69, 9.17) is 16.3 Å². The van der Waals surface area contributed by atoms with Crippen LogP contribution in [0.3, 0.4) is 0 Å². The fraction of sp³-hybridized carbons (Fsp3) is 0.417. The van der Waals surface area contributed by atoms with Gasteiger partial charge in [-0.2, -0.15) is 0 Å². The summed E-state index contributed by atoms with van der Waals surface area (Å²) in [6.07, 6.45) is 0. The van der Waals surface area contributed by atoms with Crippen LogP contribution in [0.1, 0.15) is 13.8 Å². The number of benzene rings is 1. The summed E-state index contributed by atoms with van der Waals surface area (Å²) < 4.78 is 19.0. The van der Waals surface area contributed by atoms with Crippen LogP contribution in [-0.2, 0) is 9.53 Å². The predicted octanol–water partition coefficient (Wildman–Crippen LogP) is 4.48. The molecule has 0 bridgehead atoms. The number of rotatable bonds is 5. The average Bonchev–Trinajstić information content (AvgIpc) is 2.32. The molecule has 0 aliphatic carbocycles. The van der Waals surface area contributed by atoms with E-state index in [1.54, 1.807) is 38.1 Å². The van der Waals surface area contributed by atoms with Crippen LogP contribution in [0.25, 0.3) is 0 Å². The van der Waals surface area contributed by atoms with E-state index in [1.165, 1.54) is 0 Å². The molecular weight excluding hydrogens is 390 g/mol. The van der Waals surface area contributed by atoms with Crippen LogP contribution in [0.5, 0.6) is 0 Å². The first-order valence-electron chi connectivity index (χ1n) is 5.35. The average molecular weight is 403 g/mol. The van der Waals surface area contributed by atoms with Gasteiger partial charge in [-0.05, 0) is 38.1 Å². The van der Waals surface area contributed by atoms with Gasteiger partial charge in [-0.3, -0.25) is 0 Å². The van der Waals surface area contributed by atoms with Crippen molar-refractivity contribution in [3.8, 4) is 0 Å². The zero-order chi connectivity index (χ0) is 13.8. The fourth-order valence-corrected chi connectivity index (χ4v) is 2.87. The molecule has 0 amide bonds. The highest BCUT2D eigenvalue weighted by Crippen LogP contribution is 2.41. The number of thioether (sulfide) groups is 1. The van der Waals surface area contributed by atoms with Crippen LogP contribution < -0.4 is 0 Å². The van der Waals surface area contributed by atoms with Gasteiger partial charge in [0.25, 0.3) is 5.00 Å². The highest BCUT2D eigenvalue weighted by molar-refractivity contribution is 14.1. The van der Waals surface area contributed by atoms with Crippen molar-refractivity contribution in [3.63, 3.8) is 0 Å². The summed E-state index contributed by atoms with van der Waals surface area (Å²) in [5.74, 6) is -0.841. The second-order valence-electron chi connectivity index (χ2n) is 3.54. The van der Waals surface area contributed by atoms with Crippen LogP contribution >= 0.6 is 46.0 Å². The molecule has 0 aliphatic rings. The number of halogens is 3. The molecule has 2 unspecified atom stereocenters. The van der Waals surface area contributed by atoms with Gasteiger partial charge in [0.1, 0.15) is 0 Å². The first-order chi connectivity index (χ1) is 8.40. The number of hydrogen-bond acceptors (Lipinski definition) is 3. The lowest BCUT2D eigenvalue weighted by atomic mass is 10.3. The number of alkyl halides is 2. The number of carbonyl (C=O) groups is 1. The van der Waals surface area contributed by atoms with Crippen molar-refractivity contribution in [2.75, 3.05) is 6.61 Å². The molecule has 1 rings (SSSR count). The Bertz CT molecular complexity index is 413. The van der Waals surface area contributed by atoms with Crippen LogP contribution in [0.4, 0.5) is 4.39 Å². The van der Waals surface area contributed by atoms with Gasteiger partial charge in [-0.25, -0.2) is 9.18 Å². The molecule has 0 saturated heterocycles. The van der Waals surface area contributed by atoms with Crippen LogP contribution in [0.2, 0.25) is 5.02 Å². The number of carbonyl (C=O) groups excluding carboxylic acids is 1. The smallest absolute Gasteiger partial charge is 0.356 e. The van der Waals surface area contributed by atoms with E-state index in [-0.39, 0.29) is 6.61 Å². The Morgan fingerprint density at radius 1 is 1.56 bits per heavy atom. The third-order valence-corrected chi connectivity index (χ3v) is 5.00. The molecule has 0 fully saturated rings. The molecule has 2 nitrogen and oxygen atoms in total. The van der Waals surface area contributed by atoms with Crippen LogP contribution in [-0.4, -0.2) is 21.5 Å². The molecular formula is C12H13ClFIO2S. The van der Waals surface area contributed by atoms with Crippen molar-refractivity contribution in [2.24, 2.45) is 0 Å². The summed E-state index contributed by atoms with van der Waals surface area (Å²) in [6.45, 7) is 3.46. The summed E-state index contributed by atoms with van der Waals surface area (Å²) >= 11 is 8.50. The Labute approximate surface area is 129 Å². The van der Waals surface area contributed by atoms with E-state index >= 15 is 0 Å². The highest BCUT2D eigenvalue weighted by Gasteiger charge is 2.46. The quantitative estimate of drug-likeness (QED) is 0.314. The fourth-order valence-electron chi connectivity index (χ4n) is 1.19. The van der Waals surface area contributed by atoms with Gasteiger partial charge in [0.15, 0.2) is 0 Å². The van der Waals surface area contributed by atoms with Gasteiger partial charge in [0.2, 0.25) is 0 Å². The van der Waals surface area contributed by atoms with Crippen molar-refractivity contribution in [3.05, 3.63) is 29.3 Å². The van der Waals surface area contributed by atoms with E-state index in [0.29, 0.717) is 9.92 Å². The molecule has 1 aromatic carbocycles. The minimum Gasteiger partial charge on any atom is -0.463 e. The van der Waals surface area contributed by atoms with Gasteiger partial charge in [0.05, 0.1) is 10.5 Å². The first-order valence-corrected chi connectivity index (χ1v) is 7.79. The predicted molar refractivity (Wildman–Crippen MR) is 81.3 cm³/mol. The van der Waals surface area contributed by atoms with Crippen molar-refractivity contribution in [2.45, 2.75) is 27.7 Å². The Hall–Kier alpha value is -0.0100. The van der Waals surface area contributed by atoms with Gasteiger partial charge >= 0.3 is 5.97 Å². The lowest BCUT2D eigenvalue weighted by Gasteiger charge is -2.25. The Morgan fingerprint density at radius 2 is 2.11 bits per heavy atom. The van der Waals surface area contributed by atoms with Crippen molar-refractivity contribution < 1.29 is 13.9 Å². The minimum absolute atomic E-state index is 0.162. The van der Waals surface area contributed by atoms with E-state index in [2.05, 4.69) is 0 Å². The first kappa shape index (κ1) is 16.0. The van der Waals surface area contributed by atoms with Gasteiger partial charge in [-0.1, -0.05) is 46.0 Å². The monoisotopic (exact) mass is 402 g/mol. The standard InChI is InChI=1S/C12H13ClFIO2S/c1-3-17-11(16)12(14,8(2)15)18-10-6-4-9(13)5-7-10/h4-8H,3H2,1-2H3. The summed E-state index contributed by atoms with van der Waals surface area (Å²) in [5.41, 5.74) is 0. The van der Waals surface area contributed by atoms with Crippen molar-refractivity contribution in [1.29, 1.82) is 0 Å². The summed E-state index contributed by atoms with van der Waals surface area (Å²) in [4.78, 5) is 12.4. The van der Waals surface area contributed by atoms with Crippen molar-refractivity contribution >= 4 is 51.9 Å². The molecule has 2 atom stereocenters. The van der Waals surface area contributed by atoms with Crippen molar-refractivity contribution in [1.82, 2.24) is 0 Å². The molecule has 6 heteroatoms. The second-order valence-corrected chi connectivity index (χ2v) is 7.11. The molecule has 0 N–H and O–H groups in total. The van der Waals surface area contributed by atoms with E-state index in [1.807, 2.05) is 22.6 Å². The number of esters is 1. The Kier molecular flexibility index (Phi) is 6.20. The van der Waals surface area contributed by atoms with Gasteiger partial charge < -0.3 is 4.74 Å². The van der Waals surface area contributed by atoms with Gasteiger partial charge in [-0.15, -0.1) is 0 Å². The van der Waals surface area contributed by atoms with Crippen LogP contribution in [0.15, 0.2) is 29.2 Å². The molecule has 0 aromatic heterocycles. The largest absolute Gasteiger partial charge is 0.463 e. The van der Waals surface area contributed by atoms with Crippen LogP contribution in [0, 0.1) is 0 Å². The summed E-state index contributed by atoms with van der Waals surface area (Å²) in [5, 5.41) is -1.52. The maximum atomic E-state index is 14.7. The molecule has 0 spiro atoms. The second kappa shape index (κ2) is 6.96. The molecule has 18 heavy (non-hydrogen) atoms. The summed E-state index contributed by atoms with van der Waals surface area (Å²) in [6, 6.07) is 6.68. The topological polar surface area (TPSA) is 26.3 Å². The normalized spacial score (nSPS) is 15.8. The maximum absolute atomic E-state index is 14.7. The number of ether oxygens (including phenoxy) is 1. The zero-order valence-electron chi connectivity index (χ0n) is 9.95. The minimum atomic E-state index is -2.09. The molecule has 0 aliphatic heterocycles. The molecule has 0 saturated carbocycles. The SMILES string of the molecule is CCOC(=O)C(F)(Sc1ccc(Cl)cc1)C(C)I. The molecule has 0 heterocycles. The lowest BCUT2D eigenvalue weighted by Crippen LogP contribution is -2.39. The third-order valence-electron chi connectivity index (χ3n) is 2.15. The molecule has 0 radical (unpaired) electrons. The zero-order valence-corrected chi connectivity index (χ0v) is 13.7. The van der Waals surface area contributed by atoms with E-state index in [0.717, 1.165) is 11.8 Å². The lowest BCUT2D eigenvalue weighted by molar-refractivity contribution is -0.150. The van der Waals surface area contributed by atoms with E-state index in [9.17, 15) is 9.18 Å². The highest BCUT2D eigenvalue weighted by atomic mass is 127. The summed E-state index contributed by atoms with van der Waals surface area (Å²) in [7, 11) is 0. The molecule has 100 valence electrons. The maximum Gasteiger partial charge on any atom is 0.356 e.